The van der Waals surface area contributed by atoms with Gasteiger partial charge in [0.05, 0.1) is 10.8 Å². The summed E-state index contributed by atoms with van der Waals surface area (Å²) in [5, 5.41) is 0. The standard InChI is InChI=1S/C11H14O5S/c1-3-8(2)11(12)16-9-4-6-10(7-5-9)17(13,14)15/h4-8H,3H2,1-2H3,(H,13,14,15). The number of hydrogen-bond acceptors (Lipinski definition) is 4. The highest BCUT2D eigenvalue weighted by molar-refractivity contribution is 7.85. The normalized spacial score (nSPS) is 13.1. The lowest BCUT2D eigenvalue weighted by atomic mass is 10.1. The highest BCUT2D eigenvalue weighted by Gasteiger charge is 2.14. The number of carbonyl (C=O) groups is 1. The Morgan fingerprint density at radius 2 is 1.88 bits per heavy atom. The lowest BCUT2D eigenvalue weighted by molar-refractivity contribution is -0.138. The number of hydrogen-bond donors (Lipinski definition) is 1. The number of carbonyl (C=O) groups excluding carboxylic acids is 1. The molecule has 5 nitrogen and oxygen atoms in total. The molecule has 0 aliphatic rings. The van der Waals surface area contributed by atoms with E-state index in [1.54, 1.807) is 6.92 Å². The van der Waals surface area contributed by atoms with Gasteiger partial charge in [-0.25, -0.2) is 0 Å². The Hall–Kier alpha value is -1.40. The summed E-state index contributed by atoms with van der Waals surface area (Å²) < 4.78 is 35.3. The molecule has 0 fully saturated rings. The molecule has 0 radical (unpaired) electrons. The predicted molar refractivity (Wildman–Crippen MR) is 61.3 cm³/mol. The Morgan fingerprint density at radius 3 is 2.29 bits per heavy atom. The van der Waals surface area contributed by atoms with Crippen molar-refractivity contribution in [3.63, 3.8) is 0 Å². The van der Waals surface area contributed by atoms with Gasteiger partial charge in [0.15, 0.2) is 0 Å². The second-order valence-corrected chi connectivity index (χ2v) is 5.10. The molecular formula is C11H14O5S. The number of rotatable bonds is 4. The third kappa shape index (κ3) is 3.83. The molecule has 0 bridgehead atoms. The summed E-state index contributed by atoms with van der Waals surface area (Å²) >= 11 is 0. The lowest BCUT2D eigenvalue weighted by Crippen LogP contribution is -2.16. The van der Waals surface area contributed by atoms with Gasteiger partial charge in [-0.2, -0.15) is 8.42 Å². The zero-order valence-electron chi connectivity index (χ0n) is 9.58. The molecule has 0 aliphatic carbocycles. The van der Waals surface area contributed by atoms with E-state index in [9.17, 15) is 13.2 Å². The van der Waals surface area contributed by atoms with Crippen LogP contribution in [0, 0.1) is 5.92 Å². The SMILES string of the molecule is CCC(C)C(=O)Oc1ccc(S(=O)(=O)O)cc1. The quantitative estimate of drug-likeness (QED) is 0.506. The van der Waals surface area contributed by atoms with Crippen LogP contribution < -0.4 is 4.74 Å². The first-order valence-corrected chi connectivity index (χ1v) is 6.58. The maximum Gasteiger partial charge on any atom is 0.314 e. The van der Waals surface area contributed by atoms with Crippen LogP contribution in [0.15, 0.2) is 29.2 Å². The molecule has 1 rings (SSSR count). The van der Waals surface area contributed by atoms with E-state index in [0.717, 1.165) is 0 Å². The van der Waals surface area contributed by atoms with Gasteiger partial charge in [0.25, 0.3) is 10.1 Å². The Balaban J connectivity index is 2.79. The third-order valence-electron chi connectivity index (χ3n) is 2.35. The van der Waals surface area contributed by atoms with Crippen molar-refractivity contribution in [2.75, 3.05) is 0 Å². The minimum absolute atomic E-state index is 0.212. The molecule has 0 aliphatic heterocycles. The maximum absolute atomic E-state index is 11.4. The second kappa shape index (κ2) is 5.29. The summed E-state index contributed by atoms with van der Waals surface area (Å²) in [4.78, 5) is 11.2. The Bertz CT molecular complexity index is 489. The Labute approximate surface area is 100 Å². The smallest absolute Gasteiger partial charge is 0.314 e. The summed E-state index contributed by atoms with van der Waals surface area (Å²) in [6.45, 7) is 3.61. The van der Waals surface area contributed by atoms with E-state index in [0.29, 0.717) is 6.42 Å². The molecular weight excluding hydrogens is 244 g/mol. The molecule has 1 atom stereocenters. The molecule has 0 spiro atoms. The first kappa shape index (κ1) is 13.7. The summed E-state index contributed by atoms with van der Waals surface area (Å²) in [6, 6.07) is 5.00. The lowest BCUT2D eigenvalue weighted by Gasteiger charge is -2.08. The fraction of sp³-hybridized carbons (Fsp3) is 0.364. The number of esters is 1. The van der Waals surface area contributed by atoms with Crippen molar-refractivity contribution in [3.05, 3.63) is 24.3 Å². The van der Waals surface area contributed by atoms with Gasteiger partial charge in [-0.05, 0) is 30.7 Å². The van der Waals surface area contributed by atoms with Crippen molar-refractivity contribution in [1.29, 1.82) is 0 Å². The molecule has 0 amide bonds. The van der Waals surface area contributed by atoms with Gasteiger partial charge in [-0.15, -0.1) is 0 Å². The van der Waals surface area contributed by atoms with Gasteiger partial charge in [0, 0.05) is 0 Å². The maximum atomic E-state index is 11.4. The van der Waals surface area contributed by atoms with Crippen LogP contribution in [0.2, 0.25) is 0 Å². The van der Waals surface area contributed by atoms with Crippen molar-refractivity contribution in [2.24, 2.45) is 5.92 Å². The molecule has 1 unspecified atom stereocenters. The molecule has 0 heterocycles. The van der Waals surface area contributed by atoms with E-state index < -0.39 is 10.1 Å². The summed E-state index contributed by atoms with van der Waals surface area (Å²) in [6.07, 6.45) is 0.669. The van der Waals surface area contributed by atoms with Crippen LogP contribution >= 0.6 is 0 Å². The monoisotopic (exact) mass is 258 g/mol. The molecule has 0 saturated heterocycles. The molecule has 0 aromatic heterocycles. The molecule has 94 valence electrons. The molecule has 1 aromatic carbocycles. The van der Waals surface area contributed by atoms with Gasteiger partial charge in [-0.1, -0.05) is 13.8 Å². The van der Waals surface area contributed by atoms with Crippen molar-refractivity contribution in [3.8, 4) is 5.75 Å². The molecule has 17 heavy (non-hydrogen) atoms. The van der Waals surface area contributed by atoms with E-state index in [1.165, 1.54) is 24.3 Å². The second-order valence-electron chi connectivity index (χ2n) is 3.68. The Kier molecular flexibility index (Phi) is 4.25. The van der Waals surface area contributed by atoms with Gasteiger partial charge in [0.2, 0.25) is 0 Å². The predicted octanol–water partition coefficient (Wildman–Crippen LogP) is 1.88. The van der Waals surface area contributed by atoms with Gasteiger partial charge >= 0.3 is 5.97 Å². The van der Waals surface area contributed by atoms with Crippen LogP contribution in [0.5, 0.6) is 5.75 Å². The topological polar surface area (TPSA) is 80.7 Å². The molecule has 1 N–H and O–H groups in total. The van der Waals surface area contributed by atoms with Crippen LogP contribution in [0.25, 0.3) is 0 Å². The van der Waals surface area contributed by atoms with E-state index in [-0.39, 0.29) is 22.5 Å². The van der Waals surface area contributed by atoms with E-state index in [2.05, 4.69) is 0 Å². The van der Waals surface area contributed by atoms with Crippen molar-refractivity contribution in [2.45, 2.75) is 25.2 Å². The fourth-order valence-corrected chi connectivity index (χ4v) is 1.54. The first-order chi connectivity index (χ1) is 7.84. The average molecular weight is 258 g/mol. The van der Waals surface area contributed by atoms with Crippen LogP contribution in [-0.2, 0) is 14.9 Å². The van der Waals surface area contributed by atoms with Crippen LogP contribution in [0.1, 0.15) is 20.3 Å². The highest BCUT2D eigenvalue weighted by atomic mass is 32.2. The summed E-state index contributed by atoms with van der Waals surface area (Å²) in [5.74, 6) is -0.328. The number of benzene rings is 1. The molecule has 1 aromatic rings. The largest absolute Gasteiger partial charge is 0.426 e. The summed E-state index contributed by atoms with van der Waals surface area (Å²) in [7, 11) is -4.21. The zero-order valence-corrected chi connectivity index (χ0v) is 10.4. The minimum atomic E-state index is -4.21. The zero-order chi connectivity index (χ0) is 13.1. The van der Waals surface area contributed by atoms with Crippen LogP contribution in [0.4, 0.5) is 0 Å². The van der Waals surface area contributed by atoms with Gasteiger partial charge < -0.3 is 4.74 Å². The van der Waals surface area contributed by atoms with Crippen LogP contribution in [0.3, 0.4) is 0 Å². The van der Waals surface area contributed by atoms with Crippen molar-refractivity contribution in [1.82, 2.24) is 0 Å². The molecule has 6 heteroatoms. The van der Waals surface area contributed by atoms with Crippen LogP contribution in [-0.4, -0.2) is 18.9 Å². The average Bonchev–Trinajstić information content (AvgIpc) is 2.27. The summed E-state index contributed by atoms with van der Waals surface area (Å²) in [5.41, 5.74) is 0. The van der Waals surface area contributed by atoms with E-state index in [4.69, 9.17) is 9.29 Å². The van der Waals surface area contributed by atoms with E-state index >= 15 is 0 Å². The van der Waals surface area contributed by atoms with E-state index in [1.807, 2.05) is 6.92 Å². The van der Waals surface area contributed by atoms with Gasteiger partial charge in [-0.3, -0.25) is 9.35 Å². The third-order valence-corrected chi connectivity index (χ3v) is 3.22. The van der Waals surface area contributed by atoms with Gasteiger partial charge in [0.1, 0.15) is 5.75 Å². The fourth-order valence-electron chi connectivity index (χ4n) is 1.06. The minimum Gasteiger partial charge on any atom is -0.426 e. The van der Waals surface area contributed by atoms with Crippen molar-refractivity contribution < 1.29 is 22.5 Å². The highest BCUT2D eigenvalue weighted by Crippen LogP contribution is 2.17. The Morgan fingerprint density at radius 1 is 1.35 bits per heavy atom. The molecule has 0 saturated carbocycles. The number of ether oxygens (including phenoxy) is 1. The van der Waals surface area contributed by atoms with Crippen molar-refractivity contribution >= 4 is 16.1 Å². The first-order valence-electron chi connectivity index (χ1n) is 5.14.